The molecule has 29 heavy (non-hydrogen) atoms. The van der Waals surface area contributed by atoms with Crippen LogP contribution in [0, 0.1) is 13.8 Å². The lowest BCUT2D eigenvalue weighted by Gasteiger charge is -2.03. The van der Waals surface area contributed by atoms with Gasteiger partial charge in [0.2, 0.25) is 0 Å². The fourth-order valence-corrected chi connectivity index (χ4v) is 4.46. The van der Waals surface area contributed by atoms with Gasteiger partial charge >= 0.3 is 0 Å². The molecule has 1 aromatic heterocycles. The molecule has 152 valence electrons. The van der Waals surface area contributed by atoms with Crippen molar-refractivity contribution in [1.82, 2.24) is 0 Å². The highest BCUT2D eigenvalue weighted by atomic mass is 32.2. The maximum atomic E-state index is 12.5. The van der Waals surface area contributed by atoms with Crippen LogP contribution in [0.1, 0.15) is 41.4 Å². The van der Waals surface area contributed by atoms with Gasteiger partial charge in [0.25, 0.3) is 0 Å². The van der Waals surface area contributed by atoms with Gasteiger partial charge in [0.05, 0.1) is 11.5 Å². The number of Topliss-reactive ketones (excluding diaryl/α,β-unsaturated/α-hetero) is 1. The summed E-state index contributed by atoms with van der Waals surface area (Å²) in [5.41, 5.74) is 5.54. The van der Waals surface area contributed by atoms with E-state index >= 15 is 0 Å². The third-order valence-corrected chi connectivity index (χ3v) is 6.40. The van der Waals surface area contributed by atoms with Crippen LogP contribution in [0.5, 0.6) is 0 Å². The molecule has 0 aliphatic heterocycles. The van der Waals surface area contributed by atoms with E-state index in [0.29, 0.717) is 18.6 Å². The average Bonchev–Trinajstić information content (AvgIpc) is 3.07. The highest BCUT2D eigenvalue weighted by molar-refractivity contribution is 7.84. The quantitative estimate of drug-likeness (QED) is 0.464. The van der Waals surface area contributed by atoms with Crippen LogP contribution in [0.4, 0.5) is 0 Å². The second-order valence-electron chi connectivity index (χ2n) is 7.50. The van der Waals surface area contributed by atoms with Gasteiger partial charge in [-0.15, -0.1) is 0 Å². The van der Waals surface area contributed by atoms with Gasteiger partial charge in [-0.05, 0) is 43.9 Å². The van der Waals surface area contributed by atoms with Gasteiger partial charge in [-0.25, -0.2) is 0 Å². The van der Waals surface area contributed by atoms with Gasteiger partial charge in [-0.1, -0.05) is 61.0 Å². The minimum absolute atomic E-state index is 0.0421. The van der Waals surface area contributed by atoms with Crippen LogP contribution < -0.4 is 0 Å². The highest BCUT2D eigenvalue weighted by Gasteiger charge is 2.14. The van der Waals surface area contributed by atoms with Crippen molar-refractivity contribution < 1.29 is 13.4 Å². The van der Waals surface area contributed by atoms with Gasteiger partial charge < -0.3 is 4.42 Å². The maximum Gasteiger partial charge on any atom is 0.145 e. The lowest BCUT2D eigenvalue weighted by molar-refractivity contribution is -0.116. The van der Waals surface area contributed by atoms with E-state index in [0.717, 1.165) is 34.6 Å². The van der Waals surface area contributed by atoms with Crippen molar-refractivity contribution in [2.75, 3.05) is 5.75 Å². The zero-order valence-corrected chi connectivity index (χ0v) is 18.2. The molecule has 1 atom stereocenters. The van der Waals surface area contributed by atoms with Crippen molar-refractivity contribution in [3.8, 4) is 11.3 Å². The van der Waals surface area contributed by atoms with E-state index in [9.17, 15) is 9.00 Å². The number of furan rings is 1. The number of aryl methyl sites for hydroxylation is 4. The number of carbonyl (C=O) groups is 1. The van der Waals surface area contributed by atoms with E-state index in [1.807, 2.05) is 56.3 Å². The van der Waals surface area contributed by atoms with E-state index in [1.165, 1.54) is 11.1 Å². The lowest BCUT2D eigenvalue weighted by Crippen LogP contribution is -2.13. The number of ketones is 1. The Balaban J connectivity index is 1.55. The van der Waals surface area contributed by atoms with Crippen LogP contribution in [0.2, 0.25) is 0 Å². The minimum atomic E-state index is -1.23. The van der Waals surface area contributed by atoms with Gasteiger partial charge in [0.15, 0.2) is 0 Å². The van der Waals surface area contributed by atoms with E-state index < -0.39 is 10.8 Å². The minimum Gasteiger partial charge on any atom is -0.461 e. The Morgan fingerprint density at radius 2 is 1.62 bits per heavy atom. The summed E-state index contributed by atoms with van der Waals surface area (Å²) in [6.45, 7) is 6.05. The predicted octanol–water partition coefficient (Wildman–Crippen LogP) is 5.58. The topological polar surface area (TPSA) is 47.3 Å². The summed E-state index contributed by atoms with van der Waals surface area (Å²) in [6, 6.07) is 18.4. The van der Waals surface area contributed by atoms with Gasteiger partial charge in [0, 0.05) is 28.3 Å². The second kappa shape index (κ2) is 9.84. The van der Waals surface area contributed by atoms with E-state index in [2.05, 4.69) is 19.1 Å². The number of hydrogen-bond acceptors (Lipinski definition) is 3. The van der Waals surface area contributed by atoms with Crippen LogP contribution in [0.15, 0.2) is 59.0 Å². The standard InChI is InChI=1S/C25H28O3S/c1-4-20-9-12-22(13-10-20)25-15-23(19(3)28-25)16-29(27)17-24(26)14-11-21-7-5-18(2)6-8-21/h5-10,12-13,15H,4,11,14,16-17H2,1-3H3. The molecule has 0 saturated heterocycles. The fourth-order valence-electron chi connectivity index (χ4n) is 3.22. The first kappa shape index (κ1) is 21.3. The Morgan fingerprint density at radius 3 is 2.28 bits per heavy atom. The molecule has 0 aliphatic rings. The van der Waals surface area contributed by atoms with E-state index in [1.54, 1.807) is 0 Å². The molecule has 0 N–H and O–H groups in total. The Morgan fingerprint density at radius 1 is 0.966 bits per heavy atom. The Bertz CT molecular complexity index is 982. The summed E-state index contributed by atoms with van der Waals surface area (Å²) in [5, 5.41) is 0. The summed E-state index contributed by atoms with van der Waals surface area (Å²) in [4.78, 5) is 12.2. The van der Waals surface area contributed by atoms with E-state index in [-0.39, 0.29) is 11.5 Å². The van der Waals surface area contributed by atoms with Crippen molar-refractivity contribution in [2.24, 2.45) is 0 Å². The molecule has 1 unspecified atom stereocenters. The SMILES string of the molecule is CCc1ccc(-c2cc(CS(=O)CC(=O)CCc3ccc(C)cc3)c(C)o2)cc1. The monoisotopic (exact) mass is 408 g/mol. The van der Waals surface area contributed by atoms with Crippen molar-refractivity contribution in [3.05, 3.63) is 82.6 Å². The number of benzene rings is 2. The lowest BCUT2D eigenvalue weighted by atomic mass is 10.1. The van der Waals surface area contributed by atoms with Gasteiger partial charge in [-0.3, -0.25) is 9.00 Å². The molecule has 0 amide bonds. The smallest absolute Gasteiger partial charge is 0.145 e. The third-order valence-electron chi connectivity index (χ3n) is 5.12. The fraction of sp³-hybridized carbons (Fsp3) is 0.320. The normalized spacial score (nSPS) is 12.1. The van der Waals surface area contributed by atoms with Crippen LogP contribution in [-0.4, -0.2) is 15.7 Å². The number of rotatable bonds is 9. The molecule has 0 aliphatic carbocycles. The van der Waals surface area contributed by atoms with Crippen molar-refractivity contribution in [2.45, 2.75) is 45.8 Å². The molecule has 1 heterocycles. The molecule has 0 radical (unpaired) electrons. The van der Waals surface area contributed by atoms with Crippen LogP contribution >= 0.6 is 0 Å². The Kier molecular flexibility index (Phi) is 7.21. The Hall–Kier alpha value is -2.46. The number of carbonyl (C=O) groups excluding carboxylic acids is 1. The third kappa shape index (κ3) is 6.01. The first-order chi connectivity index (χ1) is 13.9. The molecule has 0 spiro atoms. The van der Waals surface area contributed by atoms with Crippen LogP contribution in [-0.2, 0) is 34.2 Å². The van der Waals surface area contributed by atoms with Crippen molar-refractivity contribution in [3.63, 3.8) is 0 Å². The van der Waals surface area contributed by atoms with Gasteiger partial charge in [0.1, 0.15) is 17.3 Å². The van der Waals surface area contributed by atoms with Gasteiger partial charge in [-0.2, -0.15) is 0 Å². The molecular weight excluding hydrogens is 380 g/mol. The molecule has 0 saturated carbocycles. The van der Waals surface area contributed by atoms with Crippen molar-refractivity contribution in [1.29, 1.82) is 0 Å². The second-order valence-corrected chi connectivity index (χ2v) is 8.95. The van der Waals surface area contributed by atoms with Crippen LogP contribution in [0.25, 0.3) is 11.3 Å². The average molecular weight is 409 g/mol. The molecule has 4 heteroatoms. The van der Waals surface area contributed by atoms with Crippen molar-refractivity contribution >= 4 is 16.6 Å². The molecule has 2 aromatic carbocycles. The first-order valence-corrected chi connectivity index (χ1v) is 11.5. The maximum absolute atomic E-state index is 12.5. The summed E-state index contributed by atoms with van der Waals surface area (Å²) < 4.78 is 18.4. The Labute approximate surface area is 175 Å². The molecular formula is C25H28O3S. The summed E-state index contributed by atoms with van der Waals surface area (Å²) in [7, 11) is -1.23. The zero-order valence-electron chi connectivity index (χ0n) is 17.4. The largest absolute Gasteiger partial charge is 0.461 e. The first-order valence-electron chi connectivity index (χ1n) is 10.1. The molecule has 0 fully saturated rings. The molecule has 3 rings (SSSR count). The van der Waals surface area contributed by atoms with Crippen LogP contribution in [0.3, 0.4) is 0 Å². The number of hydrogen-bond donors (Lipinski definition) is 0. The molecule has 0 bridgehead atoms. The molecule has 3 nitrogen and oxygen atoms in total. The summed E-state index contributed by atoms with van der Waals surface area (Å²) in [5.74, 6) is 2.03. The summed E-state index contributed by atoms with van der Waals surface area (Å²) >= 11 is 0. The zero-order chi connectivity index (χ0) is 20.8. The van der Waals surface area contributed by atoms with E-state index in [4.69, 9.17) is 4.42 Å². The highest BCUT2D eigenvalue weighted by Crippen LogP contribution is 2.26. The predicted molar refractivity (Wildman–Crippen MR) is 119 cm³/mol. The summed E-state index contributed by atoms with van der Waals surface area (Å²) in [6.07, 6.45) is 2.12. The molecule has 3 aromatic rings.